The average molecular weight is 282 g/mol. The SMILES string of the molecule is CCCN(CC(=O)NC(=O)NC)C1CC2CCC(C1)N2. The maximum Gasteiger partial charge on any atom is 0.321 e. The second-order valence-corrected chi connectivity index (χ2v) is 5.86. The smallest absolute Gasteiger partial charge is 0.321 e. The van der Waals surface area contributed by atoms with Crippen LogP contribution >= 0.6 is 0 Å². The Bertz CT molecular complexity index is 349. The van der Waals surface area contributed by atoms with E-state index >= 15 is 0 Å². The summed E-state index contributed by atoms with van der Waals surface area (Å²) in [7, 11) is 1.51. The maximum absolute atomic E-state index is 11.9. The highest BCUT2D eigenvalue weighted by molar-refractivity contribution is 5.95. The van der Waals surface area contributed by atoms with E-state index in [9.17, 15) is 9.59 Å². The number of hydrogen-bond acceptors (Lipinski definition) is 4. The van der Waals surface area contributed by atoms with Gasteiger partial charge in [0.2, 0.25) is 5.91 Å². The fourth-order valence-electron chi connectivity index (χ4n) is 3.42. The number of fused-ring (bicyclic) bond motifs is 2. The van der Waals surface area contributed by atoms with Crippen LogP contribution in [0.4, 0.5) is 4.79 Å². The Hall–Kier alpha value is -1.14. The molecule has 0 radical (unpaired) electrons. The summed E-state index contributed by atoms with van der Waals surface area (Å²) in [5.41, 5.74) is 0. The highest BCUT2D eigenvalue weighted by Crippen LogP contribution is 2.29. The number of piperidine rings is 1. The van der Waals surface area contributed by atoms with Gasteiger partial charge in [-0.05, 0) is 38.6 Å². The summed E-state index contributed by atoms with van der Waals surface area (Å²) in [6.45, 7) is 3.34. The lowest BCUT2D eigenvalue weighted by atomic mass is 9.98. The van der Waals surface area contributed by atoms with Gasteiger partial charge in [-0.1, -0.05) is 6.92 Å². The standard InChI is InChI=1S/C14H26N4O2/c1-3-6-18(9-13(19)17-14(20)15-2)12-7-10-4-5-11(8-12)16-10/h10-12,16H,3-9H2,1-2H3,(H2,15,17,19,20). The molecule has 0 aromatic heterocycles. The monoisotopic (exact) mass is 282 g/mol. The molecule has 2 aliphatic heterocycles. The van der Waals surface area contributed by atoms with Gasteiger partial charge in [0.05, 0.1) is 6.54 Å². The van der Waals surface area contributed by atoms with E-state index in [0.717, 1.165) is 25.8 Å². The molecule has 6 nitrogen and oxygen atoms in total. The first-order valence-electron chi connectivity index (χ1n) is 7.64. The van der Waals surface area contributed by atoms with Crippen LogP contribution in [0.15, 0.2) is 0 Å². The lowest BCUT2D eigenvalue weighted by Crippen LogP contribution is -2.52. The number of urea groups is 1. The molecule has 2 unspecified atom stereocenters. The first-order valence-corrected chi connectivity index (χ1v) is 7.64. The molecule has 0 aromatic carbocycles. The van der Waals surface area contributed by atoms with E-state index in [-0.39, 0.29) is 5.91 Å². The lowest BCUT2D eigenvalue weighted by molar-refractivity contribution is -0.122. The zero-order chi connectivity index (χ0) is 14.5. The Morgan fingerprint density at radius 3 is 2.45 bits per heavy atom. The Balaban J connectivity index is 1.89. The predicted octanol–water partition coefficient (Wildman–Crippen LogP) is 0.437. The summed E-state index contributed by atoms with van der Waals surface area (Å²) < 4.78 is 0. The van der Waals surface area contributed by atoms with Crippen LogP contribution in [0.3, 0.4) is 0 Å². The number of carbonyl (C=O) groups excluding carboxylic acids is 2. The maximum atomic E-state index is 11.9. The summed E-state index contributed by atoms with van der Waals surface area (Å²) in [4.78, 5) is 25.3. The van der Waals surface area contributed by atoms with Crippen LogP contribution in [0.1, 0.15) is 39.0 Å². The number of nitrogens with zero attached hydrogens (tertiary/aromatic N) is 1. The average Bonchev–Trinajstić information content (AvgIpc) is 2.76. The number of nitrogens with one attached hydrogen (secondary N) is 3. The third kappa shape index (κ3) is 3.93. The van der Waals surface area contributed by atoms with Crippen molar-refractivity contribution < 1.29 is 9.59 Å². The third-order valence-corrected chi connectivity index (χ3v) is 4.30. The van der Waals surface area contributed by atoms with Crippen LogP contribution in [0, 0.1) is 0 Å². The molecule has 2 heterocycles. The van der Waals surface area contributed by atoms with Crippen molar-refractivity contribution in [3.05, 3.63) is 0 Å². The molecule has 0 spiro atoms. The molecule has 20 heavy (non-hydrogen) atoms. The summed E-state index contributed by atoms with van der Waals surface area (Å²) >= 11 is 0. The summed E-state index contributed by atoms with van der Waals surface area (Å²) in [5.74, 6) is -0.219. The number of rotatable bonds is 5. The Labute approximate surface area is 120 Å². The van der Waals surface area contributed by atoms with Gasteiger partial charge >= 0.3 is 6.03 Å². The molecule has 2 rings (SSSR count). The van der Waals surface area contributed by atoms with Crippen LogP contribution in [0.25, 0.3) is 0 Å². The van der Waals surface area contributed by atoms with Crippen LogP contribution in [-0.4, -0.2) is 55.1 Å². The second-order valence-electron chi connectivity index (χ2n) is 5.86. The first kappa shape index (κ1) is 15.3. The van der Waals surface area contributed by atoms with Gasteiger partial charge in [-0.2, -0.15) is 0 Å². The number of amides is 3. The minimum atomic E-state index is -0.433. The quantitative estimate of drug-likeness (QED) is 0.684. The summed E-state index contributed by atoms with van der Waals surface area (Å²) in [6.07, 6.45) is 5.76. The van der Waals surface area contributed by atoms with Gasteiger partial charge < -0.3 is 10.6 Å². The van der Waals surface area contributed by atoms with Gasteiger partial charge in [0.25, 0.3) is 0 Å². The summed E-state index contributed by atoms with van der Waals surface area (Å²) in [6, 6.07) is 1.25. The summed E-state index contributed by atoms with van der Waals surface area (Å²) in [5, 5.41) is 8.38. The van der Waals surface area contributed by atoms with E-state index < -0.39 is 6.03 Å². The molecule has 0 aromatic rings. The molecule has 2 fully saturated rings. The number of imide groups is 1. The zero-order valence-corrected chi connectivity index (χ0v) is 12.4. The van der Waals surface area contributed by atoms with E-state index in [1.807, 2.05) is 0 Å². The van der Waals surface area contributed by atoms with Gasteiger partial charge in [-0.15, -0.1) is 0 Å². The second kappa shape index (κ2) is 7.04. The fraction of sp³-hybridized carbons (Fsp3) is 0.857. The van der Waals surface area contributed by atoms with Gasteiger partial charge in [0.1, 0.15) is 0 Å². The fourth-order valence-corrected chi connectivity index (χ4v) is 3.42. The molecule has 0 saturated carbocycles. The molecule has 2 bridgehead atoms. The normalized spacial score (nSPS) is 28.4. The highest BCUT2D eigenvalue weighted by atomic mass is 16.2. The van der Waals surface area contributed by atoms with E-state index in [0.29, 0.717) is 24.7 Å². The Morgan fingerprint density at radius 2 is 1.90 bits per heavy atom. The van der Waals surface area contributed by atoms with E-state index in [1.165, 1.54) is 19.9 Å². The number of carbonyl (C=O) groups is 2. The molecule has 3 N–H and O–H groups in total. The molecule has 2 aliphatic rings. The van der Waals surface area contributed by atoms with Gasteiger partial charge in [-0.3, -0.25) is 15.0 Å². The van der Waals surface area contributed by atoms with Crippen molar-refractivity contribution in [2.75, 3.05) is 20.1 Å². The van der Waals surface area contributed by atoms with Gasteiger partial charge in [0, 0.05) is 25.2 Å². The topological polar surface area (TPSA) is 73.5 Å². The molecule has 0 aliphatic carbocycles. The van der Waals surface area contributed by atoms with Crippen molar-refractivity contribution >= 4 is 11.9 Å². The van der Waals surface area contributed by atoms with Gasteiger partial charge in [-0.25, -0.2) is 4.79 Å². The molecule has 114 valence electrons. The van der Waals surface area contributed by atoms with Crippen molar-refractivity contribution in [1.29, 1.82) is 0 Å². The molecule has 2 atom stereocenters. The van der Waals surface area contributed by atoms with Crippen LogP contribution in [0.5, 0.6) is 0 Å². The van der Waals surface area contributed by atoms with Crippen molar-refractivity contribution in [2.45, 2.75) is 57.2 Å². The molecular weight excluding hydrogens is 256 g/mol. The highest BCUT2D eigenvalue weighted by Gasteiger charge is 2.36. The molecule has 2 saturated heterocycles. The van der Waals surface area contributed by atoms with E-state index in [2.05, 4.69) is 27.8 Å². The van der Waals surface area contributed by atoms with Crippen LogP contribution in [-0.2, 0) is 4.79 Å². The van der Waals surface area contributed by atoms with Crippen LogP contribution in [0.2, 0.25) is 0 Å². The largest absolute Gasteiger partial charge is 0.341 e. The minimum absolute atomic E-state index is 0.219. The molecule has 6 heteroatoms. The van der Waals surface area contributed by atoms with Crippen LogP contribution < -0.4 is 16.0 Å². The number of hydrogen-bond donors (Lipinski definition) is 3. The van der Waals surface area contributed by atoms with Crippen molar-refractivity contribution in [3.8, 4) is 0 Å². The first-order chi connectivity index (χ1) is 9.62. The molecule has 3 amide bonds. The third-order valence-electron chi connectivity index (χ3n) is 4.30. The van der Waals surface area contributed by atoms with Crippen molar-refractivity contribution in [3.63, 3.8) is 0 Å². The minimum Gasteiger partial charge on any atom is -0.341 e. The van der Waals surface area contributed by atoms with Crippen molar-refractivity contribution in [2.24, 2.45) is 0 Å². The predicted molar refractivity (Wildman–Crippen MR) is 77.4 cm³/mol. The van der Waals surface area contributed by atoms with E-state index in [4.69, 9.17) is 0 Å². The molecular formula is C14H26N4O2. The lowest BCUT2D eigenvalue weighted by Gasteiger charge is -2.37. The van der Waals surface area contributed by atoms with E-state index in [1.54, 1.807) is 0 Å². The zero-order valence-electron chi connectivity index (χ0n) is 12.4. The Morgan fingerprint density at radius 1 is 1.25 bits per heavy atom. The van der Waals surface area contributed by atoms with Gasteiger partial charge in [0.15, 0.2) is 0 Å². The Kier molecular flexibility index (Phi) is 5.37. The van der Waals surface area contributed by atoms with Crippen molar-refractivity contribution in [1.82, 2.24) is 20.9 Å².